The van der Waals surface area contributed by atoms with Gasteiger partial charge in [0, 0.05) is 12.1 Å². The van der Waals surface area contributed by atoms with Gasteiger partial charge in [0.2, 0.25) is 0 Å². The molecule has 0 bridgehead atoms. The van der Waals surface area contributed by atoms with Crippen LogP contribution in [0.25, 0.3) is 0 Å². The topological polar surface area (TPSA) is 23.5 Å². The van der Waals surface area contributed by atoms with E-state index < -0.39 is 0 Å². The molecular formula is C22H27NO. The van der Waals surface area contributed by atoms with Crippen molar-refractivity contribution in [1.82, 2.24) is 4.90 Å². The molecule has 0 atom stereocenters. The number of piperidine rings is 1. The lowest BCUT2D eigenvalue weighted by molar-refractivity contribution is 0.175. The van der Waals surface area contributed by atoms with Crippen molar-refractivity contribution in [2.24, 2.45) is 5.92 Å². The van der Waals surface area contributed by atoms with Crippen LogP contribution >= 0.6 is 0 Å². The summed E-state index contributed by atoms with van der Waals surface area (Å²) in [5.74, 6) is 1.30. The first-order chi connectivity index (χ1) is 11.8. The van der Waals surface area contributed by atoms with E-state index in [1.54, 1.807) is 0 Å². The molecule has 1 saturated heterocycles. The van der Waals surface area contributed by atoms with E-state index in [1.165, 1.54) is 48.8 Å². The third-order valence-corrected chi connectivity index (χ3v) is 5.76. The van der Waals surface area contributed by atoms with Crippen LogP contribution in [0.15, 0.2) is 42.5 Å². The fourth-order valence-corrected chi connectivity index (χ4v) is 4.33. The molecule has 1 N–H and O–H groups in total. The van der Waals surface area contributed by atoms with E-state index in [0.717, 1.165) is 37.5 Å². The minimum Gasteiger partial charge on any atom is -0.508 e. The van der Waals surface area contributed by atoms with Crippen molar-refractivity contribution in [2.75, 3.05) is 13.1 Å². The summed E-state index contributed by atoms with van der Waals surface area (Å²) in [6.07, 6.45) is 7.29. The fraction of sp³-hybridized carbons (Fsp3) is 0.455. The van der Waals surface area contributed by atoms with Crippen LogP contribution in [0, 0.1) is 5.92 Å². The predicted octanol–water partition coefficient (Wildman–Crippen LogP) is 4.34. The number of aryl methyl sites for hydroxylation is 2. The van der Waals surface area contributed by atoms with Gasteiger partial charge in [-0.2, -0.15) is 0 Å². The summed E-state index contributed by atoms with van der Waals surface area (Å²) in [7, 11) is 0. The number of benzene rings is 2. The number of phenols is 1. The van der Waals surface area contributed by atoms with E-state index >= 15 is 0 Å². The van der Waals surface area contributed by atoms with Crippen molar-refractivity contribution >= 4 is 0 Å². The van der Waals surface area contributed by atoms with Crippen LogP contribution < -0.4 is 0 Å². The number of rotatable bonds is 4. The average molecular weight is 321 g/mol. The normalized spacial score (nSPS) is 18.7. The van der Waals surface area contributed by atoms with Crippen LogP contribution in [0.2, 0.25) is 0 Å². The molecule has 1 heterocycles. The van der Waals surface area contributed by atoms with Gasteiger partial charge < -0.3 is 5.11 Å². The number of fused-ring (bicyclic) bond motifs is 1. The Morgan fingerprint density at radius 3 is 2.42 bits per heavy atom. The molecule has 0 unspecified atom stereocenters. The molecule has 0 amide bonds. The molecule has 4 rings (SSSR count). The minimum absolute atomic E-state index is 0.502. The van der Waals surface area contributed by atoms with Crippen molar-refractivity contribution < 1.29 is 5.11 Å². The van der Waals surface area contributed by atoms with Crippen LogP contribution in [0.3, 0.4) is 0 Å². The average Bonchev–Trinajstić information content (AvgIpc) is 3.05. The Morgan fingerprint density at radius 1 is 0.958 bits per heavy atom. The van der Waals surface area contributed by atoms with E-state index in [-0.39, 0.29) is 0 Å². The van der Waals surface area contributed by atoms with Crippen molar-refractivity contribution in [1.29, 1.82) is 0 Å². The molecule has 0 saturated carbocycles. The lowest BCUT2D eigenvalue weighted by Crippen LogP contribution is -2.33. The smallest absolute Gasteiger partial charge is 0.120 e. The van der Waals surface area contributed by atoms with Gasteiger partial charge in [0.05, 0.1) is 0 Å². The molecule has 2 heteroatoms. The van der Waals surface area contributed by atoms with Gasteiger partial charge in [0.15, 0.2) is 0 Å². The number of hydrogen-bond donors (Lipinski definition) is 1. The highest BCUT2D eigenvalue weighted by Crippen LogP contribution is 2.31. The summed E-state index contributed by atoms with van der Waals surface area (Å²) in [4.78, 5) is 2.51. The maximum absolute atomic E-state index is 10.3. The third kappa shape index (κ3) is 3.49. The molecule has 1 aliphatic carbocycles. The summed E-state index contributed by atoms with van der Waals surface area (Å²) in [6.45, 7) is 3.19. The van der Waals surface area contributed by atoms with Gasteiger partial charge in [0.1, 0.15) is 5.75 Å². The van der Waals surface area contributed by atoms with Crippen LogP contribution in [0.5, 0.6) is 5.75 Å². The molecule has 0 aromatic heterocycles. The maximum Gasteiger partial charge on any atom is 0.120 e. The molecule has 1 aliphatic heterocycles. The quantitative estimate of drug-likeness (QED) is 0.906. The molecule has 1 fully saturated rings. The summed E-state index contributed by atoms with van der Waals surface area (Å²) in [5, 5.41) is 10.3. The van der Waals surface area contributed by atoms with E-state index in [4.69, 9.17) is 0 Å². The number of likely N-dealkylation sites (tertiary alicyclic amines) is 1. The summed E-state index contributed by atoms with van der Waals surface area (Å²) in [6, 6.07) is 15.1. The van der Waals surface area contributed by atoms with Gasteiger partial charge in [-0.1, -0.05) is 36.4 Å². The van der Waals surface area contributed by atoms with Crippen LogP contribution in [-0.4, -0.2) is 23.1 Å². The summed E-state index contributed by atoms with van der Waals surface area (Å²) in [5.41, 5.74) is 5.41. The molecule has 2 aliphatic rings. The largest absolute Gasteiger partial charge is 0.508 e. The Morgan fingerprint density at radius 2 is 1.67 bits per heavy atom. The fourth-order valence-electron chi connectivity index (χ4n) is 4.33. The minimum atomic E-state index is 0.502. The van der Waals surface area contributed by atoms with Crippen molar-refractivity contribution in [2.45, 2.75) is 45.1 Å². The number of aromatic hydroxyl groups is 1. The Bertz CT molecular complexity index is 687. The zero-order chi connectivity index (χ0) is 16.4. The number of hydrogen-bond acceptors (Lipinski definition) is 2. The van der Waals surface area contributed by atoms with Crippen LogP contribution in [0.1, 0.15) is 41.5 Å². The van der Waals surface area contributed by atoms with Gasteiger partial charge in [0.25, 0.3) is 0 Å². The van der Waals surface area contributed by atoms with Gasteiger partial charge in [-0.15, -0.1) is 0 Å². The van der Waals surface area contributed by atoms with Crippen LogP contribution in [-0.2, 0) is 25.8 Å². The van der Waals surface area contributed by atoms with Gasteiger partial charge >= 0.3 is 0 Å². The van der Waals surface area contributed by atoms with Gasteiger partial charge in [-0.3, -0.25) is 4.90 Å². The van der Waals surface area contributed by atoms with Gasteiger partial charge in [-0.05, 0) is 80.3 Å². The first-order valence-corrected chi connectivity index (χ1v) is 9.38. The molecule has 2 aromatic carbocycles. The number of phenolic OH excluding ortho intramolecular Hbond substituents is 1. The highest BCUT2D eigenvalue weighted by Gasteiger charge is 2.21. The lowest BCUT2D eigenvalue weighted by atomic mass is 9.90. The Hall–Kier alpha value is -1.80. The molecule has 0 spiro atoms. The molecule has 126 valence electrons. The first-order valence-electron chi connectivity index (χ1n) is 9.38. The third-order valence-electron chi connectivity index (χ3n) is 5.76. The van der Waals surface area contributed by atoms with E-state index in [1.807, 2.05) is 6.07 Å². The lowest BCUT2D eigenvalue weighted by Gasteiger charge is -2.32. The summed E-state index contributed by atoms with van der Waals surface area (Å²) < 4.78 is 0. The zero-order valence-electron chi connectivity index (χ0n) is 14.4. The number of nitrogens with zero attached hydrogens (tertiary/aromatic N) is 1. The molecule has 2 nitrogen and oxygen atoms in total. The second-order valence-electron chi connectivity index (χ2n) is 7.51. The standard InChI is InChI=1S/C22H27NO/c24-22-15-20-8-4-7-19(20)14-21(22)16-23-11-9-18(10-12-23)13-17-5-2-1-3-6-17/h1-3,5-6,14-15,18,24H,4,7-13,16H2. The highest BCUT2D eigenvalue weighted by molar-refractivity contribution is 5.44. The molecule has 0 radical (unpaired) electrons. The molecular weight excluding hydrogens is 294 g/mol. The Balaban J connectivity index is 1.33. The van der Waals surface area contributed by atoms with Gasteiger partial charge in [-0.25, -0.2) is 0 Å². The highest BCUT2D eigenvalue weighted by atomic mass is 16.3. The van der Waals surface area contributed by atoms with Crippen molar-refractivity contribution in [3.63, 3.8) is 0 Å². The van der Waals surface area contributed by atoms with E-state index in [2.05, 4.69) is 41.3 Å². The Kier molecular flexibility index (Phi) is 4.57. The second-order valence-corrected chi connectivity index (χ2v) is 7.51. The van der Waals surface area contributed by atoms with Crippen LogP contribution in [0.4, 0.5) is 0 Å². The summed E-state index contributed by atoms with van der Waals surface area (Å²) >= 11 is 0. The van der Waals surface area contributed by atoms with Crippen molar-refractivity contribution in [3.05, 3.63) is 64.7 Å². The molecule has 2 aromatic rings. The molecule has 24 heavy (non-hydrogen) atoms. The van der Waals surface area contributed by atoms with E-state index in [9.17, 15) is 5.11 Å². The Labute approximate surface area is 145 Å². The predicted molar refractivity (Wildman–Crippen MR) is 98.3 cm³/mol. The second kappa shape index (κ2) is 6.98. The SMILES string of the molecule is Oc1cc2c(cc1CN1CCC(Cc3ccccc3)CC1)CCC2. The van der Waals surface area contributed by atoms with E-state index in [0.29, 0.717) is 5.75 Å². The first kappa shape index (κ1) is 15.7. The monoisotopic (exact) mass is 321 g/mol. The maximum atomic E-state index is 10.3. The van der Waals surface area contributed by atoms with Crippen molar-refractivity contribution in [3.8, 4) is 5.75 Å². The zero-order valence-corrected chi connectivity index (χ0v) is 14.4.